The summed E-state index contributed by atoms with van der Waals surface area (Å²) in [4.78, 5) is 16.7. The van der Waals surface area contributed by atoms with E-state index in [0.29, 0.717) is 0 Å². The fourth-order valence-corrected chi connectivity index (χ4v) is 1.77. The summed E-state index contributed by atoms with van der Waals surface area (Å²) in [6.45, 7) is 0. The molecule has 0 aromatic heterocycles. The molecule has 0 saturated heterocycles. The van der Waals surface area contributed by atoms with E-state index in [-0.39, 0.29) is 0 Å². The molecule has 0 bridgehead atoms. The zero-order chi connectivity index (χ0) is 12.5. The SMILES string of the molecule is C1CCCC1.C1CCCC1.N=C=O.N=C=O. The van der Waals surface area contributed by atoms with Gasteiger partial charge in [0, 0.05) is 0 Å². The first kappa shape index (κ1) is 17.2. The molecular formula is C12H22N2O2. The Balaban J connectivity index is 0. The summed E-state index contributed by atoms with van der Waals surface area (Å²) in [7, 11) is 0. The molecule has 2 N–H and O–H groups in total. The molecule has 2 aliphatic rings. The van der Waals surface area contributed by atoms with Gasteiger partial charge in [0.1, 0.15) is 0 Å². The van der Waals surface area contributed by atoms with Crippen molar-refractivity contribution in [2.75, 3.05) is 0 Å². The third-order valence-electron chi connectivity index (χ3n) is 2.50. The highest BCUT2D eigenvalue weighted by Crippen LogP contribution is 2.15. The van der Waals surface area contributed by atoms with E-state index >= 15 is 0 Å². The highest BCUT2D eigenvalue weighted by molar-refractivity contribution is 5.26. The summed E-state index contributed by atoms with van der Waals surface area (Å²) >= 11 is 0. The minimum absolute atomic E-state index is 0.750. The molecule has 0 unspecified atom stereocenters. The Hall–Kier alpha value is -1.24. The zero-order valence-electron chi connectivity index (χ0n) is 9.89. The van der Waals surface area contributed by atoms with Crippen LogP contribution in [0.25, 0.3) is 0 Å². The van der Waals surface area contributed by atoms with Crippen molar-refractivity contribution in [3.63, 3.8) is 0 Å². The molecule has 2 rings (SSSR count). The molecule has 2 aliphatic carbocycles. The van der Waals surface area contributed by atoms with Gasteiger partial charge in [-0.05, 0) is 0 Å². The van der Waals surface area contributed by atoms with Crippen molar-refractivity contribution < 1.29 is 9.59 Å². The van der Waals surface area contributed by atoms with Crippen molar-refractivity contribution in [3.8, 4) is 0 Å². The summed E-state index contributed by atoms with van der Waals surface area (Å²) in [5.74, 6) is 0. The topological polar surface area (TPSA) is 81.8 Å². The second kappa shape index (κ2) is 19.4. The number of rotatable bonds is 0. The van der Waals surface area contributed by atoms with E-state index in [2.05, 4.69) is 0 Å². The molecule has 2 saturated carbocycles. The Morgan fingerprint density at radius 3 is 0.625 bits per heavy atom. The number of carbonyl (C=O) groups excluding carboxylic acids is 2. The van der Waals surface area contributed by atoms with Gasteiger partial charge in [-0.25, -0.2) is 20.4 Å². The van der Waals surface area contributed by atoms with Crippen molar-refractivity contribution in [1.29, 1.82) is 10.8 Å². The van der Waals surface area contributed by atoms with Crippen LogP contribution >= 0.6 is 0 Å². The summed E-state index contributed by atoms with van der Waals surface area (Å²) in [6, 6.07) is 0. The van der Waals surface area contributed by atoms with Crippen molar-refractivity contribution in [1.82, 2.24) is 0 Å². The second-order valence-corrected chi connectivity index (χ2v) is 3.74. The summed E-state index contributed by atoms with van der Waals surface area (Å²) in [5.41, 5.74) is 0. The fourth-order valence-electron chi connectivity index (χ4n) is 1.77. The summed E-state index contributed by atoms with van der Waals surface area (Å²) in [5, 5.41) is 10.8. The third kappa shape index (κ3) is 23.0. The van der Waals surface area contributed by atoms with Crippen LogP contribution < -0.4 is 0 Å². The Morgan fingerprint density at radius 1 is 0.500 bits per heavy atom. The van der Waals surface area contributed by atoms with E-state index in [1.54, 1.807) is 0 Å². The number of hydrogen-bond donors (Lipinski definition) is 2. The quantitative estimate of drug-likeness (QED) is 0.487. The average Bonchev–Trinajstić information content (AvgIpc) is 3.00. The van der Waals surface area contributed by atoms with Gasteiger partial charge in [-0.3, -0.25) is 0 Å². The van der Waals surface area contributed by atoms with Crippen LogP contribution in [0.15, 0.2) is 0 Å². The van der Waals surface area contributed by atoms with Crippen LogP contribution in [0.2, 0.25) is 0 Å². The molecule has 0 spiro atoms. The van der Waals surface area contributed by atoms with Gasteiger partial charge >= 0.3 is 0 Å². The van der Waals surface area contributed by atoms with Crippen LogP contribution in [0.5, 0.6) is 0 Å². The van der Waals surface area contributed by atoms with Crippen molar-refractivity contribution in [3.05, 3.63) is 0 Å². The maximum Gasteiger partial charge on any atom is 0.231 e. The van der Waals surface area contributed by atoms with Crippen molar-refractivity contribution >= 4 is 12.2 Å². The normalized spacial score (nSPS) is 16.0. The first-order chi connectivity index (χ1) is 7.83. The molecule has 0 radical (unpaired) electrons. The maximum atomic E-state index is 8.35. The Kier molecular flexibility index (Phi) is 20.8. The lowest BCUT2D eigenvalue weighted by molar-refractivity contribution is 0.562. The first-order valence-electron chi connectivity index (χ1n) is 5.91. The maximum absolute atomic E-state index is 8.35. The van der Waals surface area contributed by atoms with Gasteiger partial charge in [-0.1, -0.05) is 64.2 Å². The number of hydrogen-bond acceptors (Lipinski definition) is 4. The molecule has 0 amide bonds. The first-order valence-corrected chi connectivity index (χ1v) is 5.91. The molecule has 92 valence electrons. The van der Waals surface area contributed by atoms with Crippen molar-refractivity contribution in [2.45, 2.75) is 64.2 Å². The van der Waals surface area contributed by atoms with E-state index in [4.69, 9.17) is 20.4 Å². The molecule has 2 fully saturated rings. The molecule has 16 heavy (non-hydrogen) atoms. The van der Waals surface area contributed by atoms with Crippen LogP contribution in [-0.2, 0) is 9.59 Å². The Bertz CT molecular complexity index is 148. The molecule has 0 aromatic carbocycles. The molecule has 0 aromatic rings. The molecule has 0 heterocycles. The largest absolute Gasteiger partial charge is 0.231 e. The lowest BCUT2D eigenvalue weighted by atomic mass is 10.4. The van der Waals surface area contributed by atoms with Gasteiger partial charge in [0.25, 0.3) is 0 Å². The van der Waals surface area contributed by atoms with Crippen LogP contribution in [-0.4, -0.2) is 12.2 Å². The van der Waals surface area contributed by atoms with Gasteiger partial charge < -0.3 is 0 Å². The molecule has 4 nitrogen and oxygen atoms in total. The molecule has 0 atom stereocenters. The highest BCUT2D eigenvalue weighted by Gasteiger charge is 1.95. The predicted molar refractivity (Wildman–Crippen MR) is 63.0 cm³/mol. The lowest BCUT2D eigenvalue weighted by Gasteiger charge is -1.67. The standard InChI is InChI=1S/2C5H10.2CHNO/c2*1-2-4-5-3-1;2*2-1-3/h2*1-5H2;2*2H. The van der Waals surface area contributed by atoms with Crippen LogP contribution in [0.3, 0.4) is 0 Å². The molecule has 4 heteroatoms. The summed E-state index contributed by atoms with van der Waals surface area (Å²) < 4.78 is 0. The van der Waals surface area contributed by atoms with Crippen LogP contribution in [0, 0.1) is 10.8 Å². The minimum atomic E-state index is 0.750. The third-order valence-corrected chi connectivity index (χ3v) is 2.50. The molecule has 0 aliphatic heterocycles. The van der Waals surface area contributed by atoms with Crippen LogP contribution in [0.4, 0.5) is 0 Å². The predicted octanol–water partition coefficient (Wildman–Crippen LogP) is 3.70. The van der Waals surface area contributed by atoms with E-state index in [1.807, 2.05) is 0 Å². The monoisotopic (exact) mass is 226 g/mol. The summed E-state index contributed by atoms with van der Waals surface area (Å²) in [6.07, 6.45) is 16.5. The Labute approximate surface area is 97.5 Å². The van der Waals surface area contributed by atoms with E-state index in [1.165, 1.54) is 64.2 Å². The van der Waals surface area contributed by atoms with Gasteiger partial charge in [-0.2, -0.15) is 0 Å². The fraction of sp³-hybridized carbons (Fsp3) is 0.833. The van der Waals surface area contributed by atoms with Crippen LogP contribution in [0.1, 0.15) is 64.2 Å². The van der Waals surface area contributed by atoms with E-state index < -0.39 is 0 Å². The highest BCUT2D eigenvalue weighted by atomic mass is 16.1. The van der Waals surface area contributed by atoms with E-state index in [0.717, 1.165) is 12.2 Å². The van der Waals surface area contributed by atoms with Gasteiger partial charge in [0.15, 0.2) is 0 Å². The zero-order valence-corrected chi connectivity index (χ0v) is 9.89. The minimum Gasteiger partial charge on any atom is -0.222 e. The van der Waals surface area contributed by atoms with Gasteiger partial charge in [0.2, 0.25) is 12.2 Å². The number of isocyanates is 2. The second-order valence-electron chi connectivity index (χ2n) is 3.74. The van der Waals surface area contributed by atoms with Gasteiger partial charge in [0.05, 0.1) is 0 Å². The average molecular weight is 226 g/mol. The van der Waals surface area contributed by atoms with Gasteiger partial charge in [-0.15, -0.1) is 0 Å². The number of nitrogens with one attached hydrogen (secondary N) is 2. The Morgan fingerprint density at radius 2 is 0.562 bits per heavy atom. The smallest absolute Gasteiger partial charge is 0.222 e. The van der Waals surface area contributed by atoms with Crippen molar-refractivity contribution in [2.24, 2.45) is 0 Å². The molecular weight excluding hydrogens is 204 g/mol. The lowest BCUT2D eigenvalue weighted by Crippen LogP contribution is -1.47. The van der Waals surface area contributed by atoms with E-state index in [9.17, 15) is 0 Å².